The second-order valence-corrected chi connectivity index (χ2v) is 8.73. The molecule has 0 aliphatic carbocycles. The molecule has 1 aromatic rings. The highest BCUT2D eigenvalue weighted by Gasteiger charge is 2.33. The molecule has 3 N–H and O–H groups in total. The van der Waals surface area contributed by atoms with Crippen molar-refractivity contribution in [1.29, 1.82) is 0 Å². The fourth-order valence-corrected chi connectivity index (χ4v) is 5.29. The number of nitrogens with one attached hydrogen (secondary N) is 1. The Morgan fingerprint density at radius 1 is 1.33 bits per heavy atom. The highest BCUT2D eigenvalue weighted by molar-refractivity contribution is 7.92. The molecule has 118 valence electrons. The van der Waals surface area contributed by atoms with Crippen molar-refractivity contribution < 1.29 is 25.6 Å². The zero-order chi connectivity index (χ0) is 15.8. The fraction of sp³-hybridized carbons (Fsp3) is 0.455. The number of hydrogen-bond donors (Lipinski definition) is 2. The molecule has 1 aliphatic rings. The van der Waals surface area contributed by atoms with E-state index in [1.807, 2.05) is 0 Å². The van der Waals surface area contributed by atoms with Gasteiger partial charge in [0.1, 0.15) is 4.90 Å². The van der Waals surface area contributed by atoms with Crippen LogP contribution < -0.4 is 10.5 Å². The highest BCUT2D eigenvalue weighted by atomic mass is 32.2. The number of sulfonamides is 1. The molecule has 0 spiro atoms. The van der Waals surface area contributed by atoms with E-state index in [0.717, 1.165) is 12.1 Å². The summed E-state index contributed by atoms with van der Waals surface area (Å²) in [6.07, 6.45) is 0.0994. The van der Waals surface area contributed by atoms with Crippen molar-refractivity contribution in [1.82, 2.24) is 4.72 Å². The summed E-state index contributed by atoms with van der Waals surface area (Å²) in [6.45, 7) is -0.155. The van der Waals surface area contributed by atoms with Crippen LogP contribution in [0.1, 0.15) is 12.0 Å². The molecule has 1 fully saturated rings. The molecule has 6 nitrogen and oxygen atoms in total. The average Bonchev–Trinajstić information content (AvgIpc) is 2.70. The van der Waals surface area contributed by atoms with Gasteiger partial charge in [0.05, 0.1) is 11.5 Å². The van der Waals surface area contributed by atoms with Gasteiger partial charge in [-0.25, -0.2) is 30.3 Å². The Labute approximate surface area is 121 Å². The van der Waals surface area contributed by atoms with Crippen molar-refractivity contribution in [2.75, 3.05) is 11.5 Å². The third-order valence-corrected chi connectivity index (χ3v) is 6.42. The van der Waals surface area contributed by atoms with Gasteiger partial charge in [0.25, 0.3) is 0 Å². The number of rotatable bonds is 4. The molecule has 0 amide bonds. The van der Waals surface area contributed by atoms with Gasteiger partial charge in [-0.15, -0.1) is 0 Å². The zero-order valence-corrected chi connectivity index (χ0v) is 12.5. The predicted octanol–water partition coefficient (Wildman–Crippen LogP) is -0.111. The molecular weight excluding hydrogens is 326 g/mol. The number of sulfone groups is 1. The molecule has 1 heterocycles. The van der Waals surface area contributed by atoms with Crippen LogP contribution >= 0.6 is 0 Å². The third kappa shape index (κ3) is 3.57. The van der Waals surface area contributed by atoms with E-state index in [0.29, 0.717) is 0 Å². The summed E-state index contributed by atoms with van der Waals surface area (Å²) in [7, 11) is -7.66. The van der Waals surface area contributed by atoms with Gasteiger partial charge >= 0.3 is 0 Å². The molecule has 1 atom stereocenters. The minimum absolute atomic E-state index is 0.0994. The van der Waals surface area contributed by atoms with Crippen molar-refractivity contribution in [3.63, 3.8) is 0 Å². The molecule has 1 unspecified atom stereocenters. The molecule has 21 heavy (non-hydrogen) atoms. The first-order valence-electron chi connectivity index (χ1n) is 6.05. The van der Waals surface area contributed by atoms with Crippen molar-refractivity contribution in [3.05, 3.63) is 29.3 Å². The van der Waals surface area contributed by atoms with Crippen molar-refractivity contribution >= 4 is 19.9 Å². The van der Waals surface area contributed by atoms with Crippen LogP contribution in [0.3, 0.4) is 0 Å². The van der Waals surface area contributed by atoms with Gasteiger partial charge < -0.3 is 5.73 Å². The summed E-state index contributed by atoms with van der Waals surface area (Å²) < 4.78 is 75.9. The topological polar surface area (TPSA) is 106 Å². The number of hydrogen-bond acceptors (Lipinski definition) is 5. The SMILES string of the molecule is NCc1cc(F)c(F)c(S(=O)(=O)NC2CCS(=O)(=O)C2)c1. The molecule has 10 heteroatoms. The molecule has 2 rings (SSSR count). The van der Waals surface area contributed by atoms with Crippen LogP contribution in [0.25, 0.3) is 0 Å². The van der Waals surface area contributed by atoms with E-state index < -0.39 is 42.4 Å². The minimum Gasteiger partial charge on any atom is -0.326 e. The molecule has 0 radical (unpaired) electrons. The second kappa shape index (κ2) is 5.59. The smallest absolute Gasteiger partial charge is 0.243 e. The summed E-state index contributed by atoms with van der Waals surface area (Å²) in [5, 5.41) is 0. The fourth-order valence-electron chi connectivity index (χ4n) is 2.10. The largest absolute Gasteiger partial charge is 0.326 e. The first-order chi connectivity index (χ1) is 9.64. The maximum absolute atomic E-state index is 13.7. The van der Waals surface area contributed by atoms with Crippen LogP contribution in [0, 0.1) is 11.6 Å². The number of benzene rings is 1. The number of halogens is 2. The lowest BCUT2D eigenvalue weighted by atomic mass is 10.2. The molecule has 0 bridgehead atoms. The van der Waals surface area contributed by atoms with E-state index in [9.17, 15) is 25.6 Å². The van der Waals surface area contributed by atoms with E-state index in [-0.39, 0.29) is 30.0 Å². The summed E-state index contributed by atoms with van der Waals surface area (Å²) >= 11 is 0. The lowest BCUT2D eigenvalue weighted by Crippen LogP contribution is -2.36. The Bertz CT molecular complexity index is 763. The standard InChI is InChI=1S/C11H14F2N2O4S2/c12-9-3-7(5-14)4-10(11(9)13)21(18,19)15-8-1-2-20(16,17)6-8/h3-4,8,15H,1-2,5-6,14H2. The lowest BCUT2D eigenvalue weighted by molar-refractivity contribution is 0.479. The Kier molecular flexibility index (Phi) is 4.34. The van der Waals surface area contributed by atoms with Gasteiger partial charge in [0.15, 0.2) is 21.5 Å². The van der Waals surface area contributed by atoms with E-state index >= 15 is 0 Å². The van der Waals surface area contributed by atoms with Crippen LogP contribution in [-0.2, 0) is 26.4 Å². The molecule has 1 aromatic carbocycles. The van der Waals surface area contributed by atoms with Crippen LogP contribution in [0.15, 0.2) is 17.0 Å². The molecule has 1 saturated heterocycles. The number of nitrogens with two attached hydrogens (primary N) is 1. The van der Waals surface area contributed by atoms with Crippen LogP contribution in [0.2, 0.25) is 0 Å². The highest BCUT2D eigenvalue weighted by Crippen LogP contribution is 2.21. The third-order valence-electron chi connectivity index (χ3n) is 3.13. The van der Waals surface area contributed by atoms with Gasteiger partial charge in [-0.3, -0.25) is 0 Å². The quantitative estimate of drug-likeness (QED) is 0.795. The average molecular weight is 340 g/mol. The molecule has 0 aromatic heterocycles. The lowest BCUT2D eigenvalue weighted by Gasteiger charge is -2.13. The molecule has 1 aliphatic heterocycles. The molecule has 0 saturated carbocycles. The van der Waals surface area contributed by atoms with Crippen LogP contribution in [-0.4, -0.2) is 34.4 Å². The maximum Gasteiger partial charge on any atom is 0.243 e. The summed E-state index contributed by atoms with van der Waals surface area (Å²) in [5.74, 6) is -3.33. The summed E-state index contributed by atoms with van der Waals surface area (Å²) in [5.41, 5.74) is 5.42. The Balaban J connectivity index is 2.34. The van der Waals surface area contributed by atoms with Gasteiger partial charge in [-0.05, 0) is 24.1 Å². The minimum atomic E-state index is -4.36. The first-order valence-corrected chi connectivity index (χ1v) is 9.36. The van der Waals surface area contributed by atoms with Crippen molar-refractivity contribution in [3.8, 4) is 0 Å². The Morgan fingerprint density at radius 3 is 2.52 bits per heavy atom. The van der Waals surface area contributed by atoms with Gasteiger partial charge in [-0.2, -0.15) is 0 Å². The van der Waals surface area contributed by atoms with E-state index in [2.05, 4.69) is 4.72 Å². The summed E-state index contributed by atoms with van der Waals surface area (Å²) in [4.78, 5) is -0.868. The normalized spacial score (nSPS) is 21.6. The van der Waals surface area contributed by atoms with Crippen LogP contribution in [0.5, 0.6) is 0 Å². The summed E-state index contributed by atoms with van der Waals surface area (Å²) in [6, 6.07) is 0.905. The van der Waals surface area contributed by atoms with Gasteiger partial charge in [0, 0.05) is 12.6 Å². The van der Waals surface area contributed by atoms with Gasteiger partial charge in [0.2, 0.25) is 10.0 Å². The Hall–Kier alpha value is -1.10. The molecular formula is C11H14F2N2O4S2. The second-order valence-electron chi connectivity index (χ2n) is 4.82. The zero-order valence-electron chi connectivity index (χ0n) is 10.8. The van der Waals surface area contributed by atoms with Gasteiger partial charge in [-0.1, -0.05) is 0 Å². The van der Waals surface area contributed by atoms with Crippen molar-refractivity contribution in [2.24, 2.45) is 5.73 Å². The van der Waals surface area contributed by atoms with E-state index in [1.54, 1.807) is 0 Å². The monoisotopic (exact) mass is 340 g/mol. The van der Waals surface area contributed by atoms with E-state index in [1.165, 1.54) is 0 Å². The van der Waals surface area contributed by atoms with E-state index in [4.69, 9.17) is 5.73 Å². The van der Waals surface area contributed by atoms with Crippen molar-refractivity contribution in [2.45, 2.75) is 23.9 Å². The van der Waals surface area contributed by atoms with Crippen LogP contribution in [0.4, 0.5) is 8.78 Å². The first kappa shape index (κ1) is 16.3. The maximum atomic E-state index is 13.7. The predicted molar refractivity (Wildman–Crippen MR) is 71.6 cm³/mol. The Morgan fingerprint density at radius 2 is 2.00 bits per heavy atom.